The highest BCUT2D eigenvalue weighted by Gasteiger charge is 2.19. The lowest BCUT2D eigenvalue weighted by Crippen LogP contribution is -2.31. The number of halogens is 1. The van der Waals surface area contributed by atoms with E-state index < -0.39 is 6.04 Å². The van der Waals surface area contributed by atoms with Crippen molar-refractivity contribution in [3.63, 3.8) is 0 Å². The summed E-state index contributed by atoms with van der Waals surface area (Å²) in [6.45, 7) is 5.70. The predicted octanol–water partition coefficient (Wildman–Crippen LogP) is 4.30. The lowest BCUT2D eigenvalue weighted by molar-refractivity contribution is -0.143. The minimum Gasteiger partial charge on any atom is -0.464 e. The van der Waals surface area contributed by atoms with Crippen LogP contribution in [0, 0.1) is 0 Å². The molecule has 1 amide bonds. The van der Waals surface area contributed by atoms with Crippen molar-refractivity contribution in [2.75, 3.05) is 11.9 Å². The number of ether oxygens (including phenoxy) is 1. The van der Waals surface area contributed by atoms with Crippen LogP contribution in [-0.2, 0) is 9.53 Å². The summed E-state index contributed by atoms with van der Waals surface area (Å²) < 4.78 is 5.79. The molecule has 0 aliphatic carbocycles. The highest BCUT2D eigenvalue weighted by molar-refractivity contribution is 9.10. The molecule has 5 nitrogen and oxygen atoms in total. The molecule has 0 fully saturated rings. The second-order valence-electron chi connectivity index (χ2n) is 5.91. The molecule has 0 spiro atoms. The third-order valence-electron chi connectivity index (χ3n) is 3.89. The zero-order chi connectivity index (χ0) is 19.1. The van der Waals surface area contributed by atoms with E-state index in [1.807, 2.05) is 43.3 Å². The van der Waals surface area contributed by atoms with E-state index in [1.54, 1.807) is 26.0 Å². The van der Waals surface area contributed by atoms with E-state index in [-0.39, 0.29) is 17.9 Å². The van der Waals surface area contributed by atoms with E-state index in [1.165, 1.54) is 0 Å². The Morgan fingerprint density at radius 3 is 2.46 bits per heavy atom. The second-order valence-corrected chi connectivity index (χ2v) is 6.83. The maximum absolute atomic E-state index is 12.8. The lowest BCUT2D eigenvalue weighted by atomic mass is 10.1. The number of anilines is 1. The van der Waals surface area contributed by atoms with Gasteiger partial charge in [-0.05, 0) is 44.5 Å². The van der Waals surface area contributed by atoms with Gasteiger partial charge in [-0.2, -0.15) is 0 Å². The van der Waals surface area contributed by atoms with E-state index in [0.29, 0.717) is 17.9 Å². The molecule has 2 N–H and O–H groups in total. The molecule has 0 aliphatic rings. The van der Waals surface area contributed by atoms with Gasteiger partial charge in [0.25, 0.3) is 5.91 Å². The van der Waals surface area contributed by atoms with E-state index in [4.69, 9.17) is 4.74 Å². The van der Waals surface area contributed by atoms with E-state index in [9.17, 15) is 9.59 Å². The molecule has 2 aromatic carbocycles. The summed E-state index contributed by atoms with van der Waals surface area (Å²) in [6.07, 6.45) is 0. The first-order valence-electron chi connectivity index (χ1n) is 8.51. The zero-order valence-corrected chi connectivity index (χ0v) is 16.7. The van der Waals surface area contributed by atoms with Crippen LogP contribution in [0.5, 0.6) is 0 Å². The number of carbonyl (C=O) groups excluding carboxylic acids is 2. The number of nitrogens with one attached hydrogen (secondary N) is 2. The molecule has 2 rings (SSSR count). The first-order valence-corrected chi connectivity index (χ1v) is 9.30. The van der Waals surface area contributed by atoms with Crippen molar-refractivity contribution >= 4 is 33.5 Å². The summed E-state index contributed by atoms with van der Waals surface area (Å²) >= 11 is 3.40. The van der Waals surface area contributed by atoms with Crippen molar-refractivity contribution < 1.29 is 14.3 Å². The van der Waals surface area contributed by atoms with Crippen molar-refractivity contribution in [2.24, 2.45) is 0 Å². The van der Waals surface area contributed by atoms with Crippen LogP contribution in [0.25, 0.3) is 0 Å². The largest absolute Gasteiger partial charge is 0.464 e. The maximum atomic E-state index is 12.8. The number of carbonyl (C=O) groups is 2. The van der Waals surface area contributed by atoms with Crippen molar-refractivity contribution in [1.29, 1.82) is 0 Å². The molecule has 0 aliphatic heterocycles. The molecule has 0 saturated carbocycles. The maximum Gasteiger partial charge on any atom is 0.328 e. The fourth-order valence-corrected chi connectivity index (χ4v) is 2.85. The van der Waals surface area contributed by atoms with Crippen LogP contribution >= 0.6 is 15.9 Å². The normalized spacial score (nSPS) is 12.8. The summed E-state index contributed by atoms with van der Waals surface area (Å²) in [6, 6.07) is 14.3. The summed E-state index contributed by atoms with van der Waals surface area (Å²) in [7, 11) is 0. The van der Waals surface area contributed by atoms with Gasteiger partial charge in [0.1, 0.15) is 6.04 Å². The predicted molar refractivity (Wildman–Crippen MR) is 106 cm³/mol. The van der Waals surface area contributed by atoms with Gasteiger partial charge in [0.15, 0.2) is 0 Å². The fourth-order valence-electron chi connectivity index (χ4n) is 2.49. The molecule has 0 unspecified atom stereocenters. The van der Waals surface area contributed by atoms with E-state index in [0.717, 1.165) is 10.0 Å². The highest BCUT2D eigenvalue weighted by Crippen LogP contribution is 2.23. The Labute approximate surface area is 162 Å². The Morgan fingerprint density at radius 1 is 1.12 bits per heavy atom. The third-order valence-corrected chi connectivity index (χ3v) is 4.38. The Morgan fingerprint density at radius 2 is 1.81 bits per heavy atom. The molecule has 0 bridgehead atoms. The summed E-state index contributed by atoms with van der Waals surface area (Å²) in [5.41, 5.74) is 2.05. The zero-order valence-electron chi connectivity index (χ0n) is 15.1. The van der Waals surface area contributed by atoms with E-state index >= 15 is 0 Å². The highest BCUT2D eigenvalue weighted by atomic mass is 79.9. The number of hydrogen-bond donors (Lipinski definition) is 2. The second kappa shape index (κ2) is 9.38. The molecule has 6 heteroatoms. The van der Waals surface area contributed by atoms with Crippen molar-refractivity contribution in [3.05, 3.63) is 64.1 Å². The number of benzene rings is 2. The molecular formula is C20H23BrN2O3. The summed E-state index contributed by atoms with van der Waals surface area (Å²) in [5.74, 6) is -0.583. The van der Waals surface area contributed by atoms with Gasteiger partial charge in [-0.15, -0.1) is 0 Å². The lowest BCUT2D eigenvalue weighted by Gasteiger charge is -2.19. The Kier molecular flexibility index (Phi) is 7.21. The Balaban J connectivity index is 2.18. The van der Waals surface area contributed by atoms with Crippen molar-refractivity contribution in [2.45, 2.75) is 32.9 Å². The van der Waals surface area contributed by atoms with Gasteiger partial charge in [0, 0.05) is 10.2 Å². The summed E-state index contributed by atoms with van der Waals surface area (Å²) in [5, 5.41) is 6.05. The fraction of sp³-hybridized carbons (Fsp3) is 0.300. The smallest absolute Gasteiger partial charge is 0.328 e. The van der Waals surface area contributed by atoms with Crippen LogP contribution in [-0.4, -0.2) is 24.5 Å². The molecule has 2 atom stereocenters. The Bertz CT molecular complexity index is 765. The number of hydrogen-bond acceptors (Lipinski definition) is 4. The third kappa shape index (κ3) is 5.33. The number of amides is 1. The molecule has 0 heterocycles. The van der Waals surface area contributed by atoms with Crippen molar-refractivity contribution in [3.8, 4) is 0 Å². The van der Waals surface area contributed by atoms with Gasteiger partial charge in [0.2, 0.25) is 0 Å². The van der Waals surface area contributed by atoms with Crippen LogP contribution < -0.4 is 10.6 Å². The number of esters is 1. The van der Waals surface area contributed by atoms with E-state index in [2.05, 4.69) is 26.6 Å². The van der Waals surface area contributed by atoms with Gasteiger partial charge in [-0.3, -0.25) is 4.79 Å². The van der Waals surface area contributed by atoms with Gasteiger partial charge >= 0.3 is 5.97 Å². The van der Waals surface area contributed by atoms with Crippen LogP contribution in [0.2, 0.25) is 0 Å². The van der Waals surface area contributed by atoms with Crippen LogP contribution in [0.3, 0.4) is 0 Å². The number of rotatable bonds is 7. The summed E-state index contributed by atoms with van der Waals surface area (Å²) in [4.78, 5) is 24.7. The van der Waals surface area contributed by atoms with Crippen molar-refractivity contribution in [1.82, 2.24) is 5.32 Å². The van der Waals surface area contributed by atoms with Gasteiger partial charge in [-0.1, -0.05) is 46.3 Å². The van der Waals surface area contributed by atoms with Crippen LogP contribution in [0.15, 0.2) is 53.0 Å². The van der Waals surface area contributed by atoms with Crippen LogP contribution in [0.4, 0.5) is 5.69 Å². The quantitative estimate of drug-likeness (QED) is 0.657. The molecule has 138 valence electrons. The molecule has 0 radical (unpaired) electrons. The monoisotopic (exact) mass is 418 g/mol. The minimum absolute atomic E-state index is 0.141. The average Bonchev–Trinajstić information content (AvgIpc) is 2.63. The van der Waals surface area contributed by atoms with Gasteiger partial charge in [0.05, 0.1) is 18.2 Å². The molecule has 0 aromatic heterocycles. The first kappa shape index (κ1) is 20.0. The van der Waals surface area contributed by atoms with Gasteiger partial charge in [-0.25, -0.2) is 4.79 Å². The average molecular weight is 419 g/mol. The standard InChI is InChI=1S/C20H23BrN2O3/c1-4-26-20(25)14(3)22-18-11-10-16(21)12-17(18)19(24)23-13(2)15-8-6-5-7-9-15/h5-14,22H,4H2,1-3H3,(H,23,24)/t13-,14+/m1/s1. The topological polar surface area (TPSA) is 67.4 Å². The molecule has 0 saturated heterocycles. The SMILES string of the molecule is CCOC(=O)[C@H](C)Nc1ccc(Br)cc1C(=O)N[C@H](C)c1ccccc1. The molecule has 26 heavy (non-hydrogen) atoms. The Hall–Kier alpha value is -2.34. The first-order chi connectivity index (χ1) is 12.4. The van der Waals surface area contributed by atoms with Crippen LogP contribution in [0.1, 0.15) is 42.7 Å². The molecule has 2 aromatic rings. The van der Waals surface area contributed by atoms with Gasteiger partial charge < -0.3 is 15.4 Å². The minimum atomic E-state index is -0.561. The molecular weight excluding hydrogens is 396 g/mol.